The van der Waals surface area contributed by atoms with Crippen LogP contribution in [-0.2, 0) is 30.8 Å². The molecule has 0 fully saturated rings. The second kappa shape index (κ2) is 8.86. The Balaban J connectivity index is 2.28. The van der Waals surface area contributed by atoms with Crippen molar-refractivity contribution in [3.8, 4) is 0 Å². The van der Waals surface area contributed by atoms with Gasteiger partial charge in [-0.15, -0.1) is 0 Å². The molecular formula is C21H27BrN2O7S. The fourth-order valence-corrected chi connectivity index (χ4v) is 5.82. The number of halogens is 1. The predicted molar refractivity (Wildman–Crippen MR) is 122 cm³/mol. The summed E-state index contributed by atoms with van der Waals surface area (Å²) in [6, 6.07) is 3.35. The number of ether oxygens (including phenoxy) is 1. The summed E-state index contributed by atoms with van der Waals surface area (Å²) >= 11 is 3.32. The third-order valence-corrected chi connectivity index (χ3v) is 7.07. The van der Waals surface area contributed by atoms with Gasteiger partial charge in [0.25, 0.3) is 15.9 Å². The van der Waals surface area contributed by atoms with Gasteiger partial charge in [0.1, 0.15) is 16.5 Å². The molecule has 0 aliphatic carbocycles. The van der Waals surface area contributed by atoms with Crippen molar-refractivity contribution in [1.82, 2.24) is 9.62 Å². The second-order valence-corrected chi connectivity index (χ2v) is 12.0. The largest absolute Gasteiger partial charge is 0.480 e. The minimum Gasteiger partial charge on any atom is -0.480 e. The number of benzene rings is 1. The minimum absolute atomic E-state index is 0.0632. The highest BCUT2D eigenvalue weighted by atomic mass is 79.9. The van der Waals surface area contributed by atoms with Gasteiger partial charge in [0, 0.05) is 22.5 Å². The lowest BCUT2D eigenvalue weighted by atomic mass is 10.0. The predicted octanol–water partition coefficient (Wildman–Crippen LogP) is 3.28. The van der Waals surface area contributed by atoms with E-state index in [4.69, 9.17) is 4.74 Å². The van der Waals surface area contributed by atoms with Gasteiger partial charge in [0.2, 0.25) is 0 Å². The summed E-state index contributed by atoms with van der Waals surface area (Å²) in [7, 11) is -4.05. The highest BCUT2D eigenvalue weighted by Gasteiger charge is 2.44. The van der Waals surface area contributed by atoms with Gasteiger partial charge >= 0.3 is 12.1 Å². The maximum atomic E-state index is 13.0. The maximum absolute atomic E-state index is 13.0. The summed E-state index contributed by atoms with van der Waals surface area (Å²) in [6.45, 7) is 9.86. The molecule has 1 aliphatic heterocycles. The highest BCUT2D eigenvalue weighted by Crippen LogP contribution is 2.38. The molecule has 32 heavy (non-hydrogen) atoms. The van der Waals surface area contributed by atoms with E-state index in [1.165, 1.54) is 6.07 Å². The number of sulfonamides is 1. The normalized spacial score (nSPS) is 17.0. The number of rotatable bonds is 5. The van der Waals surface area contributed by atoms with E-state index in [-0.39, 0.29) is 16.9 Å². The van der Waals surface area contributed by atoms with Crippen molar-refractivity contribution in [3.05, 3.63) is 39.9 Å². The van der Waals surface area contributed by atoms with Crippen LogP contribution in [0.3, 0.4) is 0 Å². The fraction of sp³-hybridized carbons (Fsp3) is 0.476. The number of carboxylic acids is 1. The molecule has 11 heteroatoms. The van der Waals surface area contributed by atoms with Crippen molar-refractivity contribution < 1.29 is 32.6 Å². The SMILES string of the molecule is CC(C)(C)OC(=O)N[C@@H](Cc1ccc(C2=CC(=O)N(C(C)(C)C)S2(=O)=O)c(Br)c1)C(=O)O. The first-order chi connectivity index (χ1) is 14.4. The van der Waals surface area contributed by atoms with Gasteiger partial charge in [-0.25, -0.2) is 22.3 Å². The summed E-state index contributed by atoms with van der Waals surface area (Å²) in [5.74, 6) is -1.88. The molecule has 1 aromatic rings. The molecule has 1 aromatic carbocycles. The summed E-state index contributed by atoms with van der Waals surface area (Å²) in [6.07, 6.45) is 0.153. The lowest BCUT2D eigenvalue weighted by Gasteiger charge is -2.30. The van der Waals surface area contributed by atoms with E-state index in [1.807, 2.05) is 0 Å². The Morgan fingerprint density at radius 2 is 1.78 bits per heavy atom. The number of carbonyl (C=O) groups is 3. The number of carbonyl (C=O) groups excluding carboxylic acids is 2. The van der Waals surface area contributed by atoms with E-state index in [2.05, 4.69) is 21.2 Å². The number of alkyl carbamates (subject to hydrolysis) is 1. The first-order valence-electron chi connectivity index (χ1n) is 9.75. The topological polar surface area (TPSA) is 130 Å². The molecule has 0 saturated heterocycles. The molecule has 0 saturated carbocycles. The Morgan fingerprint density at radius 3 is 2.22 bits per heavy atom. The van der Waals surface area contributed by atoms with E-state index in [1.54, 1.807) is 53.7 Å². The number of amides is 2. The molecule has 176 valence electrons. The van der Waals surface area contributed by atoms with Gasteiger partial charge in [0.05, 0.1) is 5.54 Å². The zero-order valence-corrected chi connectivity index (χ0v) is 21.1. The van der Waals surface area contributed by atoms with Gasteiger partial charge in [-0.2, -0.15) is 0 Å². The van der Waals surface area contributed by atoms with Crippen LogP contribution in [0, 0.1) is 0 Å². The lowest BCUT2D eigenvalue weighted by molar-refractivity contribution is -0.139. The number of aliphatic carboxylic acids is 1. The highest BCUT2D eigenvalue weighted by molar-refractivity contribution is 9.10. The molecule has 0 bridgehead atoms. The van der Waals surface area contributed by atoms with Crippen molar-refractivity contribution in [3.63, 3.8) is 0 Å². The molecule has 9 nitrogen and oxygen atoms in total. The third-order valence-electron chi connectivity index (χ3n) is 4.31. The molecule has 1 aliphatic rings. The summed E-state index contributed by atoms with van der Waals surface area (Å²) in [4.78, 5) is 35.8. The zero-order chi connectivity index (χ0) is 24.6. The molecule has 1 heterocycles. The van der Waals surface area contributed by atoms with Crippen molar-refractivity contribution >= 4 is 48.8 Å². The quantitative estimate of drug-likeness (QED) is 0.597. The molecule has 2 N–H and O–H groups in total. The van der Waals surface area contributed by atoms with Crippen LogP contribution in [0.15, 0.2) is 28.7 Å². The molecular weight excluding hydrogens is 504 g/mol. The Hall–Kier alpha value is -2.40. The number of nitrogens with zero attached hydrogens (tertiary/aromatic N) is 1. The van der Waals surface area contributed by atoms with E-state index in [0.717, 1.165) is 10.4 Å². The number of hydrogen-bond donors (Lipinski definition) is 2. The maximum Gasteiger partial charge on any atom is 0.408 e. The van der Waals surface area contributed by atoms with Crippen LogP contribution in [0.5, 0.6) is 0 Å². The average molecular weight is 531 g/mol. The van der Waals surface area contributed by atoms with Crippen LogP contribution in [0.1, 0.15) is 52.7 Å². The number of nitrogens with one attached hydrogen (secondary N) is 1. The Labute approximate surface area is 196 Å². The van der Waals surface area contributed by atoms with Crippen LogP contribution in [0.2, 0.25) is 0 Å². The summed E-state index contributed by atoms with van der Waals surface area (Å²) < 4.78 is 32.2. The first kappa shape index (κ1) is 25.9. The first-order valence-corrected chi connectivity index (χ1v) is 12.0. The fourth-order valence-electron chi connectivity index (χ4n) is 3.14. The molecule has 0 radical (unpaired) electrons. The minimum atomic E-state index is -4.05. The smallest absolute Gasteiger partial charge is 0.408 e. The molecule has 2 rings (SSSR count). The van der Waals surface area contributed by atoms with E-state index < -0.39 is 45.2 Å². The molecule has 0 unspecified atom stereocenters. The monoisotopic (exact) mass is 530 g/mol. The van der Waals surface area contributed by atoms with Crippen molar-refractivity contribution in [2.45, 2.75) is 65.1 Å². The van der Waals surface area contributed by atoms with E-state index in [0.29, 0.717) is 10.0 Å². The van der Waals surface area contributed by atoms with Crippen LogP contribution >= 0.6 is 15.9 Å². The van der Waals surface area contributed by atoms with Gasteiger partial charge < -0.3 is 15.2 Å². The molecule has 1 atom stereocenters. The van der Waals surface area contributed by atoms with Crippen molar-refractivity contribution in [1.29, 1.82) is 0 Å². The molecule has 0 spiro atoms. The zero-order valence-electron chi connectivity index (χ0n) is 18.7. The molecule has 2 amide bonds. The lowest BCUT2D eigenvalue weighted by Crippen LogP contribution is -2.45. The van der Waals surface area contributed by atoms with Gasteiger partial charge in [-0.05, 0) is 53.2 Å². The van der Waals surface area contributed by atoms with Crippen LogP contribution in [0.25, 0.3) is 4.91 Å². The van der Waals surface area contributed by atoms with Crippen molar-refractivity contribution in [2.75, 3.05) is 0 Å². The molecule has 0 aromatic heterocycles. The van der Waals surface area contributed by atoms with Crippen LogP contribution < -0.4 is 5.32 Å². The number of hydrogen-bond acceptors (Lipinski definition) is 6. The Morgan fingerprint density at radius 1 is 1.19 bits per heavy atom. The van der Waals surface area contributed by atoms with Gasteiger partial charge in [-0.3, -0.25) is 4.79 Å². The Kier molecular flexibility index (Phi) is 7.16. The standard InChI is InChI=1S/C21H27BrN2O7S/c1-20(2,3)24-17(25)11-16(32(24,29)30)13-8-7-12(9-14(13)22)10-15(18(26)27)23-19(28)31-21(4,5)6/h7-9,11,15H,10H2,1-6H3,(H,23,28)(H,26,27)/t15-/m0/s1. The number of carboxylic acid groups (broad SMARTS) is 1. The van der Waals surface area contributed by atoms with E-state index in [9.17, 15) is 27.9 Å². The summed E-state index contributed by atoms with van der Waals surface area (Å²) in [5.41, 5.74) is -0.904. The van der Waals surface area contributed by atoms with Crippen LogP contribution in [-0.4, -0.2) is 53.0 Å². The summed E-state index contributed by atoms with van der Waals surface area (Å²) in [5, 5.41) is 11.8. The second-order valence-electron chi connectivity index (χ2n) is 9.34. The average Bonchev–Trinajstić information content (AvgIpc) is 2.81. The van der Waals surface area contributed by atoms with Crippen LogP contribution in [0.4, 0.5) is 4.79 Å². The Bertz CT molecular complexity index is 1080. The van der Waals surface area contributed by atoms with Gasteiger partial charge in [0.15, 0.2) is 0 Å². The van der Waals surface area contributed by atoms with Gasteiger partial charge in [-0.1, -0.05) is 28.1 Å². The third kappa shape index (κ3) is 5.89. The van der Waals surface area contributed by atoms with Crippen molar-refractivity contribution in [2.24, 2.45) is 0 Å². The van der Waals surface area contributed by atoms with E-state index >= 15 is 0 Å².